The topological polar surface area (TPSA) is 50.3 Å². The molecule has 0 bridgehead atoms. The van der Waals surface area contributed by atoms with E-state index in [0.717, 1.165) is 11.1 Å². The van der Waals surface area contributed by atoms with E-state index in [-0.39, 0.29) is 0 Å². The van der Waals surface area contributed by atoms with Gasteiger partial charge >= 0.3 is 0 Å². The molecule has 5 heteroatoms. The Morgan fingerprint density at radius 1 is 1.05 bits per heavy atom. The monoisotopic (exact) mass is 290 g/mol. The average molecular weight is 290 g/mol. The van der Waals surface area contributed by atoms with Crippen LogP contribution in [0, 0.1) is 0 Å². The van der Waals surface area contributed by atoms with Crippen molar-refractivity contribution in [1.29, 1.82) is 0 Å². The van der Waals surface area contributed by atoms with Gasteiger partial charge in [0.2, 0.25) is 10.0 Å². The van der Waals surface area contributed by atoms with E-state index >= 15 is 0 Å². The molecule has 0 spiro atoms. The second-order valence-electron chi connectivity index (χ2n) is 4.69. The highest BCUT2D eigenvalue weighted by Gasteiger charge is 2.16. The van der Waals surface area contributed by atoms with E-state index in [9.17, 15) is 8.42 Å². The fourth-order valence-electron chi connectivity index (χ4n) is 1.96. The molecule has 1 aromatic carbocycles. The Morgan fingerprint density at radius 3 is 2.35 bits per heavy atom. The van der Waals surface area contributed by atoms with E-state index in [0.29, 0.717) is 19.5 Å². The molecule has 4 nitrogen and oxygen atoms in total. The van der Waals surface area contributed by atoms with E-state index in [1.165, 1.54) is 10.6 Å². The third-order valence-electron chi connectivity index (χ3n) is 3.04. The largest absolute Gasteiger partial charge is 0.264 e. The molecule has 1 heterocycles. The molecule has 2 aromatic rings. The maximum Gasteiger partial charge on any atom is 0.211 e. The third kappa shape index (κ3) is 4.43. The van der Waals surface area contributed by atoms with Crippen LogP contribution in [0.4, 0.5) is 0 Å². The van der Waals surface area contributed by atoms with Crippen molar-refractivity contribution >= 4 is 10.0 Å². The Balaban J connectivity index is 2.05. The van der Waals surface area contributed by atoms with Crippen molar-refractivity contribution in [2.24, 2.45) is 0 Å². The first kappa shape index (κ1) is 14.7. The molecule has 2 rings (SSSR count). The van der Waals surface area contributed by atoms with Gasteiger partial charge in [-0.3, -0.25) is 4.98 Å². The fraction of sp³-hybridized carbons (Fsp3) is 0.267. The van der Waals surface area contributed by atoms with Gasteiger partial charge in [-0.05, 0) is 23.6 Å². The highest BCUT2D eigenvalue weighted by Crippen LogP contribution is 2.09. The van der Waals surface area contributed by atoms with Crippen LogP contribution < -0.4 is 0 Å². The first-order valence-corrected chi connectivity index (χ1v) is 8.28. The van der Waals surface area contributed by atoms with Gasteiger partial charge in [0, 0.05) is 25.5 Å². The first-order valence-electron chi connectivity index (χ1n) is 6.43. The predicted octanol–water partition coefficient (Wildman–Crippen LogP) is 2.09. The summed E-state index contributed by atoms with van der Waals surface area (Å²) in [6.07, 6.45) is 5.32. The summed E-state index contributed by atoms with van der Waals surface area (Å²) in [5.74, 6) is 0. The van der Waals surface area contributed by atoms with Crippen molar-refractivity contribution in [2.75, 3.05) is 12.8 Å². The Hall–Kier alpha value is -1.72. The summed E-state index contributed by atoms with van der Waals surface area (Å²) in [7, 11) is -3.23. The van der Waals surface area contributed by atoms with Crippen LogP contribution in [0.15, 0.2) is 54.9 Å². The van der Waals surface area contributed by atoms with Crippen LogP contribution in [-0.2, 0) is 23.0 Å². The molecule has 0 aliphatic carbocycles. The number of sulfonamides is 1. The fourth-order valence-corrected chi connectivity index (χ4v) is 2.76. The number of hydrogen-bond acceptors (Lipinski definition) is 3. The molecule has 0 aliphatic heterocycles. The molecular formula is C15H18N2O2S. The zero-order valence-corrected chi connectivity index (χ0v) is 12.3. The van der Waals surface area contributed by atoms with Crippen LogP contribution in [0.3, 0.4) is 0 Å². The van der Waals surface area contributed by atoms with E-state index < -0.39 is 10.0 Å². The molecule has 0 fully saturated rings. The summed E-state index contributed by atoms with van der Waals surface area (Å²) >= 11 is 0. The van der Waals surface area contributed by atoms with Gasteiger partial charge in [0.25, 0.3) is 0 Å². The quantitative estimate of drug-likeness (QED) is 0.818. The van der Waals surface area contributed by atoms with Crippen molar-refractivity contribution in [3.63, 3.8) is 0 Å². The summed E-state index contributed by atoms with van der Waals surface area (Å²) in [4.78, 5) is 4.02. The van der Waals surface area contributed by atoms with Gasteiger partial charge in [-0.2, -0.15) is 4.31 Å². The number of pyridine rings is 1. The molecule has 20 heavy (non-hydrogen) atoms. The highest BCUT2D eigenvalue weighted by molar-refractivity contribution is 7.88. The second-order valence-corrected chi connectivity index (χ2v) is 6.68. The van der Waals surface area contributed by atoms with Crippen LogP contribution in [0.1, 0.15) is 11.1 Å². The minimum absolute atomic E-state index is 0.361. The minimum Gasteiger partial charge on any atom is -0.264 e. The van der Waals surface area contributed by atoms with Crippen molar-refractivity contribution in [3.8, 4) is 0 Å². The van der Waals surface area contributed by atoms with Gasteiger partial charge < -0.3 is 0 Å². The standard InChI is InChI=1S/C15H18N2O2S/c1-20(18,19)17(13-15-8-5-10-16-12-15)11-9-14-6-3-2-4-7-14/h2-8,10,12H,9,11,13H2,1H3. The first-order chi connectivity index (χ1) is 9.55. The van der Waals surface area contributed by atoms with Crippen molar-refractivity contribution in [2.45, 2.75) is 13.0 Å². The maximum atomic E-state index is 11.9. The van der Waals surface area contributed by atoms with E-state index in [1.807, 2.05) is 42.5 Å². The van der Waals surface area contributed by atoms with Gasteiger partial charge in [0.1, 0.15) is 0 Å². The lowest BCUT2D eigenvalue weighted by molar-refractivity contribution is 0.413. The molecule has 0 amide bonds. The maximum absolute atomic E-state index is 11.9. The molecule has 1 aromatic heterocycles. The van der Waals surface area contributed by atoms with Gasteiger partial charge in [0.05, 0.1) is 6.26 Å². The highest BCUT2D eigenvalue weighted by atomic mass is 32.2. The molecule has 0 saturated carbocycles. The van der Waals surface area contributed by atoms with E-state index in [4.69, 9.17) is 0 Å². The predicted molar refractivity (Wildman–Crippen MR) is 79.6 cm³/mol. The summed E-state index contributed by atoms with van der Waals surface area (Å²) in [6.45, 7) is 0.831. The molecule has 0 radical (unpaired) electrons. The van der Waals surface area contributed by atoms with Gasteiger partial charge in [-0.1, -0.05) is 36.4 Å². The molecule has 0 N–H and O–H groups in total. The summed E-state index contributed by atoms with van der Waals surface area (Å²) in [5, 5.41) is 0. The molecule has 0 atom stereocenters. The molecule has 0 unspecified atom stereocenters. The third-order valence-corrected chi connectivity index (χ3v) is 4.29. The van der Waals surface area contributed by atoms with Crippen LogP contribution in [0.5, 0.6) is 0 Å². The zero-order chi connectivity index (χ0) is 14.4. The SMILES string of the molecule is CS(=O)(=O)N(CCc1ccccc1)Cc1cccnc1. The lowest BCUT2D eigenvalue weighted by atomic mass is 10.1. The Labute approximate surface area is 120 Å². The normalized spacial score (nSPS) is 11.7. The molecule has 0 aliphatic rings. The molecule has 106 valence electrons. The Bertz CT molecular complexity index is 627. The Kier molecular flexibility index (Phi) is 4.87. The van der Waals surface area contributed by atoms with Gasteiger partial charge in [-0.15, -0.1) is 0 Å². The lowest BCUT2D eigenvalue weighted by Crippen LogP contribution is -2.31. The number of rotatable bonds is 6. The van der Waals surface area contributed by atoms with Crippen LogP contribution in [-0.4, -0.2) is 30.5 Å². The smallest absolute Gasteiger partial charge is 0.211 e. The average Bonchev–Trinajstić information content (AvgIpc) is 2.44. The summed E-state index contributed by atoms with van der Waals surface area (Å²) in [6, 6.07) is 13.6. The van der Waals surface area contributed by atoms with Crippen LogP contribution in [0.25, 0.3) is 0 Å². The minimum atomic E-state index is -3.23. The van der Waals surface area contributed by atoms with Gasteiger partial charge in [0.15, 0.2) is 0 Å². The van der Waals surface area contributed by atoms with Crippen LogP contribution in [0.2, 0.25) is 0 Å². The lowest BCUT2D eigenvalue weighted by Gasteiger charge is -2.19. The number of nitrogens with zero attached hydrogens (tertiary/aromatic N) is 2. The van der Waals surface area contributed by atoms with Crippen molar-refractivity contribution in [1.82, 2.24) is 9.29 Å². The van der Waals surface area contributed by atoms with Crippen LogP contribution >= 0.6 is 0 Å². The number of hydrogen-bond donors (Lipinski definition) is 0. The zero-order valence-electron chi connectivity index (χ0n) is 11.4. The molecular weight excluding hydrogens is 272 g/mol. The number of benzene rings is 1. The number of aromatic nitrogens is 1. The van der Waals surface area contributed by atoms with E-state index in [1.54, 1.807) is 12.4 Å². The second kappa shape index (κ2) is 6.63. The van der Waals surface area contributed by atoms with E-state index in [2.05, 4.69) is 4.98 Å². The summed E-state index contributed by atoms with van der Waals surface area (Å²) in [5.41, 5.74) is 2.03. The Morgan fingerprint density at radius 2 is 1.75 bits per heavy atom. The van der Waals surface area contributed by atoms with Gasteiger partial charge in [-0.25, -0.2) is 8.42 Å². The van der Waals surface area contributed by atoms with Crippen molar-refractivity contribution in [3.05, 3.63) is 66.0 Å². The summed E-state index contributed by atoms with van der Waals surface area (Å²) < 4.78 is 25.2. The molecule has 0 saturated heterocycles. The van der Waals surface area contributed by atoms with Crippen molar-refractivity contribution < 1.29 is 8.42 Å².